The highest BCUT2D eigenvalue weighted by Crippen LogP contribution is 2.21. The number of imidazole rings is 1. The molecule has 3 rings (SSSR count). The van der Waals surface area contributed by atoms with Crippen molar-refractivity contribution in [3.05, 3.63) is 59.2 Å². The number of hydrogen-bond acceptors (Lipinski definition) is 2. The molecule has 0 aliphatic carbocycles. The molecule has 0 fully saturated rings. The summed E-state index contributed by atoms with van der Waals surface area (Å²) in [5.74, 6) is -0.868. The van der Waals surface area contributed by atoms with Gasteiger partial charge in [0, 0.05) is 6.07 Å². The average Bonchev–Trinajstić information content (AvgIpc) is 2.64. The number of nitrogens with zero attached hydrogens (tertiary/aromatic N) is 2. The number of fused-ring (bicyclic) bond motifs is 1. The molecule has 0 saturated heterocycles. The van der Waals surface area contributed by atoms with Crippen LogP contribution in [0, 0.1) is 18.6 Å². The molecule has 0 unspecified atom stereocenters. The monoisotopic (exact) mass is 273 g/mol. The molecule has 2 N–H and O–H groups in total. The molecule has 1 heterocycles. The van der Waals surface area contributed by atoms with Crippen molar-refractivity contribution in [2.24, 2.45) is 0 Å². The van der Waals surface area contributed by atoms with Gasteiger partial charge in [-0.3, -0.25) is 0 Å². The summed E-state index contributed by atoms with van der Waals surface area (Å²) in [6, 6.07) is 9.22. The molecule has 2 aromatic carbocycles. The first-order chi connectivity index (χ1) is 9.52. The van der Waals surface area contributed by atoms with Crippen LogP contribution < -0.4 is 5.73 Å². The molecular weight excluding hydrogens is 260 g/mol. The first-order valence-corrected chi connectivity index (χ1v) is 6.20. The molecule has 1 aromatic heterocycles. The maximum absolute atomic E-state index is 13.2. The highest BCUT2D eigenvalue weighted by molar-refractivity contribution is 5.79. The molecule has 5 heteroatoms. The van der Waals surface area contributed by atoms with Gasteiger partial charge in [0.15, 0.2) is 0 Å². The normalized spacial score (nSPS) is 11.2. The van der Waals surface area contributed by atoms with Crippen molar-refractivity contribution in [3.8, 4) is 0 Å². The van der Waals surface area contributed by atoms with E-state index in [1.54, 1.807) is 4.57 Å². The molecule has 3 nitrogen and oxygen atoms in total. The fraction of sp³-hybridized carbons (Fsp3) is 0.133. The van der Waals surface area contributed by atoms with Gasteiger partial charge < -0.3 is 10.3 Å². The number of nitrogens with two attached hydrogens (primary N) is 1. The molecule has 3 aromatic rings. The fourth-order valence-corrected chi connectivity index (χ4v) is 2.31. The number of anilines is 1. The lowest BCUT2D eigenvalue weighted by Crippen LogP contribution is -2.05. The van der Waals surface area contributed by atoms with Crippen LogP contribution in [-0.2, 0) is 6.54 Å². The van der Waals surface area contributed by atoms with E-state index in [1.165, 1.54) is 12.1 Å². The predicted octanol–water partition coefficient (Wildman–Crippen LogP) is 3.25. The number of hydrogen-bond donors (Lipinski definition) is 1. The number of rotatable bonds is 2. The standard InChI is InChI=1S/C15H13F2N3/c1-9-2-3-14-13(4-9)19-15(18)20(14)8-10-5-11(16)7-12(17)6-10/h2-7H,8H2,1H3,(H2,18,19). The Morgan fingerprint density at radius 3 is 2.50 bits per heavy atom. The van der Waals surface area contributed by atoms with Crippen LogP contribution in [0.3, 0.4) is 0 Å². The third-order valence-electron chi connectivity index (χ3n) is 3.20. The van der Waals surface area contributed by atoms with Crippen molar-refractivity contribution in [2.75, 3.05) is 5.73 Å². The minimum absolute atomic E-state index is 0.278. The first kappa shape index (κ1) is 12.6. The Morgan fingerprint density at radius 1 is 1.10 bits per heavy atom. The Bertz CT molecular complexity index is 773. The fourth-order valence-electron chi connectivity index (χ4n) is 2.31. The van der Waals surface area contributed by atoms with Gasteiger partial charge in [-0.15, -0.1) is 0 Å². The molecular formula is C15H13F2N3. The highest BCUT2D eigenvalue weighted by atomic mass is 19.1. The molecule has 0 aliphatic rings. The third-order valence-corrected chi connectivity index (χ3v) is 3.20. The first-order valence-electron chi connectivity index (χ1n) is 6.20. The second-order valence-corrected chi connectivity index (χ2v) is 4.83. The van der Waals surface area contributed by atoms with Crippen LogP contribution >= 0.6 is 0 Å². The summed E-state index contributed by atoms with van der Waals surface area (Å²) < 4.78 is 28.2. The van der Waals surface area contributed by atoms with Gasteiger partial charge in [-0.1, -0.05) is 6.07 Å². The van der Waals surface area contributed by atoms with Gasteiger partial charge in [-0.05, 0) is 42.3 Å². The van der Waals surface area contributed by atoms with E-state index < -0.39 is 11.6 Å². The number of halogens is 2. The lowest BCUT2D eigenvalue weighted by molar-refractivity contribution is 0.578. The van der Waals surface area contributed by atoms with Crippen LogP contribution in [0.1, 0.15) is 11.1 Å². The van der Waals surface area contributed by atoms with E-state index in [-0.39, 0.29) is 6.54 Å². The largest absolute Gasteiger partial charge is 0.369 e. The minimum atomic E-state index is -0.598. The van der Waals surface area contributed by atoms with Gasteiger partial charge in [0.05, 0.1) is 17.6 Å². The topological polar surface area (TPSA) is 43.8 Å². The Kier molecular flexibility index (Phi) is 2.89. The Hall–Kier alpha value is -2.43. The van der Waals surface area contributed by atoms with E-state index in [4.69, 9.17) is 5.73 Å². The van der Waals surface area contributed by atoms with Gasteiger partial charge in [0.1, 0.15) is 11.6 Å². The average molecular weight is 273 g/mol. The number of nitrogen functional groups attached to an aromatic ring is 1. The van der Waals surface area contributed by atoms with Crippen molar-refractivity contribution in [3.63, 3.8) is 0 Å². The van der Waals surface area contributed by atoms with Gasteiger partial charge in [0.25, 0.3) is 0 Å². The second-order valence-electron chi connectivity index (χ2n) is 4.83. The second kappa shape index (κ2) is 4.59. The van der Waals surface area contributed by atoms with Crippen molar-refractivity contribution < 1.29 is 8.78 Å². The smallest absolute Gasteiger partial charge is 0.201 e. The Labute approximate surface area is 114 Å². The van der Waals surface area contributed by atoms with E-state index in [0.717, 1.165) is 22.7 Å². The van der Waals surface area contributed by atoms with Crippen LogP contribution in [-0.4, -0.2) is 9.55 Å². The summed E-state index contributed by atoms with van der Waals surface area (Å²) >= 11 is 0. The Morgan fingerprint density at radius 2 is 1.80 bits per heavy atom. The number of aryl methyl sites for hydroxylation is 1. The zero-order chi connectivity index (χ0) is 14.3. The lowest BCUT2D eigenvalue weighted by atomic mass is 10.2. The molecule has 0 aliphatic heterocycles. The maximum Gasteiger partial charge on any atom is 0.201 e. The van der Waals surface area contributed by atoms with Crippen molar-refractivity contribution in [2.45, 2.75) is 13.5 Å². The summed E-state index contributed by atoms with van der Waals surface area (Å²) in [7, 11) is 0. The van der Waals surface area contributed by atoms with Gasteiger partial charge >= 0.3 is 0 Å². The number of benzene rings is 2. The van der Waals surface area contributed by atoms with Crippen molar-refractivity contribution in [1.29, 1.82) is 0 Å². The molecule has 0 saturated carbocycles. The van der Waals surface area contributed by atoms with Gasteiger partial charge in [0.2, 0.25) is 5.95 Å². The van der Waals surface area contributed by atoms with Crippen LogP contribution in [0.4, 0.5) is 14.7 Å². The zero-order valence-corrected chi connectivity index (χ0v) is 10.9. The zero-order valence-electron chi connectivity index (χ0n) is 10.9. The van der Waals surface area contributed by atoms with E-state index in [1.807, 2.05) is 25.1 Å². The van der Waals surface area contributed by atoms with Gasteiger partial charge in [-0.2, -0.15) is 0 Å². The lowest BCUT2D eigenvalue weighted by Gasteiger charge is -2.07. The van der Waals surface area contributed by atoms with Crippen LogP contribution in [0.25, 0.3) is 11.0 Å². The Balaban J connectivity index is 2.08. The molecule has 20 heavy (non-hydrogen) atoms. The van der Waals surface area contributed by atoms with Crippen molar-refractivity contribution >= 4 is 17.0 Å². The van der Waals surface area contributed by atoms with Crippen molar-refractivity contribution in [1.82, 2.24) is 9.55 Å². The highest BCUT2D eigenvalue weighted by Gasteiger charge is 2.10. The predicted molar refractivity (Wildman–Crippen MR) is 74.3 cm³/mol. The van der Waals surface area contributed by atoms with Crippen LogP contribution in [0.2, 0.25) is 0 Å². The van der Waals surface area contributed by atoms with Gasteiger partial charge in [-0.25, -0.2) is 13.8 Å². The third kappa shape index (κ3) is 2.22. The summed E-state index contributed by atoms with van der Waals surface area (Å²) in [5, 5.41) is 0. The van der Waals surface area contributed by atoms with Crippen LogP contribution in [0.5, 0.6) is 0 Å². The quantitative estimate of drug-likeness (QED) is 0.779. The molecule has 0 radical (unpaired) electrons. The van der Waals surface area contributed by atoms with E-state index in [2.05, 4.69) is 4.98 Å². The summed E-state index contributed by atoms with van der Waals surface area (Å²) in [5.41, 5.74) is 9.10. The molecule has 0 bridgehead atoms. The SMILES string of the molecule is Cc1ccc2c(c1)nc(N)n2Cc1cc(F)cc(F)c1. The maximum atomic E-state index is 13.2. The summed E-state index contributed by atoms with van der Waals surface area (Å²) in [6.45, 7) is 2.25. The van der Waals surface area contributed by atoms with E-state index in [0.29, 0.717) is 11.5 Å². The van der Waals surface area contributed by atoms with Crippen LogP contribution in [0.15, 0.2) is 36.4 Å². The summed E-state index contributed by atoms with van der Waals surface area (Å²) in [6.07, 6.45) is 0. The molecule has 102 valence electrons. The molecule has 0 spiro atoms. The molecule has 0 amide bonds. The molecule has 0 atom stereocenters. The van der Waals surface area contributed by atoms with E-state index in [9.17, 15) is 8.78 Å². The van der Waals surface area contributed by atoms with E-state index >= 15 is 0 Å². The summed E-state index contributed by atoms with van der Waals surface area (Å²) in [4.78, 5) is 4.27. The minimum Gasteiger partial charge on any atom is -0.369 e. The number of aromatic nitrogens is 2.